The second kappa shape index (κ2) is 6.87. The van der Waals surface area contributed by atoms with Crippen LogP contribution in [0.15, 0.2) is 36.8 Å². The number of nitrogens with zero attached hydrogens (tertiary/aromatic N) is 2. The Morgan fingerprint density at radius 1 is 1.38 bits per heavy atom. The summed E-state index contributed by atoms with van der Waals surface area (Å²) in [6.45, 7) is 1.99. The SMILES string of the molecule is CC[C@](O)(CNC(=O)c1cncnc1C1CC1)c1ccc(Cl)cc1. The van der Waals surface area contributed by atoms with E-state index in [1.165, 1.54) is 6.33 Å². The van der Waals surface area contributed by atoms with Crippen molar-refractivity contribution >= 4 is 17.5 Å². The smallest absolute Gasteiger partial charge is 0.254 e. The molecular weight excluding hydrogens is 326 g/mol. The second-order valence-corrected chi connectivity index (χ2v) is 6.61. The van der Waals surface area contributed by atoms with Gasteiger partial charge in [0.05, 0.1) is 17.8 Å². The maximum Gasteiger partial charge on any atom is 0.254 e. The highest BCUT2D eigenvalue weighted by Gasteiger charge is 2.31. The molecule has 3 rings (SSSR count). The molecule has 24 heavy (non-hydrogen) atoms. The van der Waals surface area contributed by atoms with Crippen LogP contribution in [0.2, 0.25) is 5.02 Å². The van der Waals surface area contributed by atoms with Crippen LogP contribution in [-0.2, 0) is 5.60 Å². The largest absolute Gasteiger partial charge is 0.383 e. The summed E-state index contributed by atoms with van der Waals surface area (Å²) in [6.07, 6.45) is 5.60. The molecule has 1 atom stereocenters. The maximum atomic E-state index is 12.5. The van der Waals surface area contributed by atoms with E-state index in [0.29, 0.717) is 22.9 Å². The number of hydrogen-bond acceptors (Lipinski definition) is 4. The average molecular weight is 346 g/mol. The normalized spacial score (nSPS) is 16.5. The molecule has 5 nitrogen and oxygen atoms in total. The van der Waals surface area contributed by atoms with Crippen LogP contribution in [0.3, 0.4) is 0 Å². The van der Waals surface area contributed by atoms with Gasteiger partial charge in [0, 0.05) is 17.1 Å². The van der Waals surface area contributed by atoms with Crippen LogP contribution in [0.5, 0.6) is 0 Å². The van der Waals surface area contributed by atoms with E-state index in [1.54, 1.807) is 30.5 Å². The molecule has 6 heteroatoms. The molecular formula is C18H20ClN3O2. The van der Waals surface area contributed by atoms with E-state index < -0.39 is 5.60 Å². The monoisotopic (exact) mass is 345 g/mol. The summed E-state index contributed by atoms with van der Waals surface area (Å²) in [4.78, 5) is 20.7. The Labute approximate surface area is 146 Å². The van der Waals surface area contributed by atoms with E-state index in [9.17, 15) is 9.90 Å². The van der Waals surface area contributed by atoms with Gasteiger partial charge in [-0.2, -0.15) is 0 Å². The van der Waals surface area contributed by atoms with Gasteiger partial charge in [-0.1, -0.05) is 30.7 Å². The summed E-state index contributed by atoms with van der Waals surface area (Å²) in [5.41, 5.74) is 0.875. The van der Waals surface area contributed by atoms with E-state index in [2.05, 4.69) is 15.3 Å². The number of amides is 1. The summed E-state index contributed by atoms with van der Waals surface area (Å²) in [6, 6.07) is 7.02. The minimum absolute atomic E-state index is 0.114. The summed E-state index contributed by atoms with van der Waals surface area (Å²) < 4.78 is 0. The third kappa shape index (κ3) is 3.57. The molecule has 0 unspecified atom stereocenters. The molecule has 1 aromatic carbocycles. The molecule has 1 aromatic heterocycles. The van der Waals surface area contributed by atoms with E-state index in [1.807, 2.05) is 6.92 Å². The molecule has 1 fully saturated rings. The number of hydrogen-bond donors (Lipinski definition) is 2. The summed E-state index contributed by atoms with van der Waals surface area (Å²) in [7, 11) is 0. The third-order valence-corrected chi connectivity index (χ3v) is 4.71. The fourth-order valence-corrected chi connectivity index (χ4v) is 2.84. The van der Waals surface area contributed by atoms with Gasteiger partial charge in [-0.15, -0.1) is 0 Å². The molecule has 0 bridgehead atoms. The minimum atomic E-state index is -1.14. The average Bonchev–Trinajstić information content (AvgIpc) is 3.45. The summed E-state index contributed by atoms with van der Waals surface area (Å²) in [5, 5.41) is 14.3. The number of aliphatic hydroxyl groups is 1. The molecule has 0 aliphatic heterocycles. The highest BCUT2D eigenvalue weighted by Crippen LogP contribution is 2.40. The van der Waals surface area contributed by atoms with Gasteiger partial charge in [0.2, 0.25) is 0 Å². The van der Waals surface area contributed by atoms with Crippen molar-refractivity contribution in [3.8, 4) is 0 Å². The number of carbonyl (C=O) groups excluding carboxylic acids is 1. The lowest BCUT2D eigenvalue weighted by Gasteiger charge is -2.28. The highest BCUT2D eigenvalue weighted by atomic mass is 35.5. The number of aromatic nitrogens is 2. The van der Waals surface area contributed by atoms with E-state index in [0.717, 1.165) is 24.1 Å². The Morgan fingerprint density at radius 2 is 2.08 bits per heavy atom. The van der Waals surface area contributed by atoms with Gasteiger partial charge in [-0.05, 0) is 37.0 Å². The van der Waals surface area contributed by atoms with Crippen molar-refractivity contribution in [3.05, 3.63) is 58.6 Å². The zero-order chi connectivity index (χ0) is 17.2. The first kappa shape index (κ1) is 16.9. The Morgan fingerprint density at radius 3 is 2.71 bits per heavy atom. The Kier molecular flexibility index (Phi) is 4.83. The van der Waals surface area contributed by atoms with Gasteiger partial charge in [0.1, 0.15) is 11.9 Å². The molecule has 1 aliphatic carbocycles. The Balaban J connectivity index is 1.73. The first-order valence-corrected chi connectivity index (χ1v) is 8.48. The number of rotatable bonds is 6. The van der Waals surface area contributed by atoms with Crippen molar-refractivity contribution in [2.75, 3.05) is 6.54 Å². The van der Waals surface area contributed by atoms with Crippen molar-refractivity contribution in [3.63, 3.8) is 0 Å². The fourth-order valence-electron chi connectivity index (χ4n) is 2.71. The Bertz CT molecular complexity index is 731. The molecule has 1 amide bonds. The predicted molar refractivity (Wildman–Crippen MR) is 92.0 cm³/mol. The van der Waals surface area contributed by atoms with Crippen LogP contribution in [0.4, 0.5) is 0 Å². The minimum Gasteiger partial charge on any atom is -0.383 e. The predicted octanol–water partition coefficient (Wildman–Crippen LogP) is 3.04. The number of benzene rings is 1. The van der Waals surface area contributed by atoms with Crippen LogP contribution in [-0.4, -0.2) is 27.5 Å². The molecule has 2 aromatic rings. The van der Waals surface area contributed by atoms with Gasteiger partial charge < -0.3 is 10.4 Å². The van der Waals surface area contributed by atoms with Crippen molar-refractivity contribution in [2.24, 2.45) is 0 Å². The standard InChI is InChI=1S/C18H20ClN3O2/c1-2-18(24,13-5-7-14(19)8-6-13)10-21-17(23)15-9-20-11-22-16(15)12-3-4-12/h5-9,11-12,24H,2-4,10H2,1H3,(H,21,23)/t18-/m0/s1. The number of halogens is 1. The van der Waals surface area contributed by atoms with Crippen LogP contribution in [0.1, 0.15) is 53.7 Å². The lowest BCUT2D eigenvalue weighted by molar-refractivity contribution is 0.0314. The molecule has 2 N–H and O–H groups in total. The topological polar surface area (TPSA) is 75.1 Å². The molecule has 1 saturated carbocycles. The van der Waals surface area contributed by atoms with E-state index in [4.69, 9.17) is 11.6 Å². The van der Waals surface area contributed by atoms with Gasteiger partial charge in [0.15, 0.2) is 0 Å². The lowest BCUT2D eigenvalue weighted by atomic mass is 9.91. The zero-order valence-electron chi connectivity index (χ0n) is 13.5. The lowest BCUT2D eigenvalue weighted by Crippen LogP contribution is -2.40. The highest BCUT2D eigenvalue weighted by molar-refractivity contribution is 6.30. The van der Waals surface area contributed by atoms with Gasteiger partial charge in [0.25, 0.3) is 5.91 Å². The molecule has 126 valence electrons. The third-order valence-electron chi connectivity index (χ3n) is 4.46. The molecule has 0 spiro atoms. The number of carbonyl (C=O) groups is 1. The van der Waals surface area contributed by atoms with Gasteiger partial charge in [-0.3, -0.25) is 4.79 Å². The summed E-state index contributed by atoms with van der Waals surface area (Å²) >= 11 is 5.90. The van der Waals surface area contributed by atoms with Crippen LogP contribution >= 0.6 is 11.6 Å². The van der Waals surface area contributed by atoms with Crippen LogP contribution in [0.25, 0.3) is 0 Å². The number of nitrogens with one attached hydrogen (secondary N) is 1. The van der Waals surface area contributed by atoms with Crippen LogP contribution < -0.4 is 5.32 Å². The van der Waals surface area contributed by atoms with Crippen LogP contribution in [0, 0.1) is 0 Å². The maximum absolute atomic E-state index is 12.5. The quantitative estimate of drug-likeness (QED) is 0.843. The van der Waals surface area contributed by atoms with Crippen molar-refractivity contribution in [2.45, 2.75) is 37.7 Å². The van der Waals surface area contributed by atoms with E-state index in [-0.39, 0.29) is 12.5 Å². The van der Waals surface area contributed by atoms with Crippen molar-refractivity contribution in [1.29, 1.82) is 0 Å². The molecule has 0 saturated heterocycles. The second-order valence-electron chi connectivity index (χ2n) is 6.17. The van der Waals surface area contributed by atoms with E-state index >= 15 is 0 Å². The molecule has 1 aliphatic rings. The fraction of sp³-hybridized carbons (Fsp3) is 0.389. The first-order chi connectivity index (χ1) is 11.5. The molecule has 0 radical (unpaired) electrons. The Hall–Kier alpha value is -1.98. The van der Waals surface area contributed by atoms with Crippen molar-refractivity contribution < 1.29 is 9.90 Å². The van der Waals surface area contributed by atoms with Crippen molar-refractivity contribution in [1.82, 2.24) is 15.3 Å². The van der Waals surface area contributed by atoms with Gasteiger partial charge in [-0.25, -0.2) is 9.97 Å². The summed E-state index contributed by atoms with van der Waals surface area (Å²) in [5.74, 6) is 0.105. The first-order valence-electron chi connectivity index (χ1n) is 8.10. The zero-order valence-corrected chi connectivity index (χ0v) is 14.3. The molecule has 1 heterocycles. The van der Waals surface area contributed by atoms with Gasteiger partial charge >= 0.3 is 0 Å².